The van der Waals surface area contributed by atoms with Crippen LogP contribution in [0.2, 0.25) is 0 Å². The molecule has 2 rings (SSSR count). The smallest absolute Gasteiger partial charge is 0.337 e. The Hall–Kier alpha value is -3.02. The number of ether oxygens (including phenoxy) is 2. The van der Waals surface area contributed by atoms with Crippen LogP contribution >= 0.6 is 0 Å². The minimum Gasteiger partial charge on any atom is -0.482 e. The van der Waals surface area contributed by atoms with Crippen molar-refractivity contribution >= 4 is 23.3 Å². The molecule has 0 fully saturated rings. The van der Waals surface area contributed by atoms with Gasteiger partial charge in [0.05, 0.1) is 18.4 Å². The monoisotopic (exact) mass is 342 g/mol. The molecule has 0 radical (unpaired) electrons. The van der Waals surface area contributed by atoms with Gasteiger partial charge in [-0.1, -0.05) is 26.0 Å². The number of nitrogens with two attached hydrogens (primary N) is 1. The second-order valence-corrected chi connectivity index (χ2v) is 5.86. The van der Waals surface area contributed by atoms with E-state index in [0.29, 0.717) is 22.9 Å². The number of rotatable bonds is 6. The Morgan fingerprint density at radius 2 is 1.80 bits per heavy atom. The molecule has 2 aromatic rings. The molecule has 0 aliphatic carbocycles. The van der Waals surface area contributed by atoms with Gasteiger partial charge in [0.15, 0.2) is 6.61 Å². The lowest BCUT2D eigenvalue weighted by atomic mass is 10.0. The Morgan fingerprint density at radius 3 is 2.40 bits per heavy atom. The summed E-state index contributed by atoms with van der Waals surface area (Å²) in [7, 11) is 1.29. The number of nitrogens with one attached hydrogen (secondary N) is 1. The summed E-state index contributed by atoms with van der Waals surface area (Å²) in [5.74, 6) is -0.133. The van der Waals surface area contributed by atoms with E-state index in [0.717, 1.165) is 0 Å². The van der Waals surface area contributed by atoms with Crippen molar-refractivity contribution in [3.05, 3.63) is 53.6 Å². The van der Waals surface area contributed by atoms with E-state index in [2.05, 4.69) is 23.9 Å². The number of hydrogen-bond donors (Lipinski definition) is 2. The second-order valence-electron chi connectivity index (χ2n) is 5.86. The van der Waals surface area contributed by atoms with E-state index in [1.54, 1.807) is 0 Å². The van der Waals surface area contributed by atoms with Gasteiger partial charge < -0.3 is 20.5 Å². The lowest BCUT2D eigenvalue weighted by Gasteiger charge is -2.11. The van der Waals surface area contributed by atoms with E-state index in [1.165, 1.54) is 30.9 Å². The molecule has 0 spiro atoms. The van der Waals surface area contributed by atoms with Crippen LogP contribution < -0.4 is 15.8 Å². The fourth-order valence-electron chi connectivity index (χ4n) is 2.20. The van der Waals surface area contributed by atoms with E-state index in [1.807, 2.05) is 24.3 Å². The quantitative estimate of drug-likeness (QED) is 0.621. The Balaban J connectivity index is 1.96. The van der Waals surface area contributed by atoms with Crippen LogP contribution in [0.1, 0.15) is 35.7 Å². The first-order valence-corrected chi connectivity index (χ1v) is 7.91. The lowest BCUT2D eigenvalue weighted by Crippen LogP contribution is -2.20. The summed E-state index contributed by atoms with van der Waals surface area (Å²) in [5.41, 5.74) is 8.33. The molecular weight excluding hydrogens is 320 g/mol. The van der Waals surface area contributed by atoms with Crippen LogP contribution in [0.3, 0.4) is 0 Å². The third-order valence-electron chi connectivity index (χ3n) is 3.65. The molecule has 25 heavy (non-hydrogen) atoms. The van der Waals surface area contributed by atoms with Crippen molar-refractivity contribution < 1.29 is 19.1 Å². The van der Waals surface area contributed by atoms with E-state index >= 15 is 0 Å². The van der Waals surface area contributed by atoms with Crippen molar-refractivity contribution in [2.75, 3.05) is 24.8 Å². The number of benzene rings is 2. The maximum atomic E-state index is 12.0. The number of nitrogen functional groups attached to an aromatic ring is 1. The molecule has 0 saturated carbocycles. The van der Waals surface area contributed by atoms with Crippen molar-refractivity contribution in [2.24, 2.45) is 0 Å². The van der Waals surface area contributed by atoms with E-state index < -0.39 is 5.97 Å². The highest BCUT2D eigenvalue weighted by molar-refractivity contribution is 5.92. The van der Waals surface area contributed by atoms with Crippen LogP contribution in [0.15, 0.2) is 42.5 Å². The third-order valence-corrected chi connectivity index (χ3v) is 3.65. The average molecular weight is 342 g/mol. The summed E-state index contributed by atoms with van der Waals surface area (Å²) in [5, 5.41) is 2.75. The van der Waals surface area contributed by atoms with Gasteiger partial charge in [0.2, 0.25) is 0 Å². The minimum absolute atomic E-state index is 0.221. The topological polar surface area (TPSA) is 90.7 Å². The van der Waals surface area contributed by atoms with Crippen molar-refractivity contribution in [3.63, 3.8) is 0 Å². The summed E-state index contributed by atoms with van der Waals surface area (Å²) in [6.07, 6.45) is 0. The molecule has 6 heteroatoms. The molecule has 0 heterocycles. The molecule has 3 N–H and O–H groups in total. The van der Waals surface area contributed by atoms with Crippen molar-refractivity contribution in [1.29, 1.82) is 0 Å². The lowest BCUT2D eigenvalue weighted by molar-refractivity contribution is -0.118. The van der Waals surface area contributed by atoms with Crippen LogP contribution in [-0.4, -0.2) is 25.6 Å². The minimum atomic E-state index is -0.500. The predicted molar refractivity (Wildman–Crippen MR) is 96.8 cm³/mol. The maximum Gasteiger partial charge on any atom is 0.337 e. The zero-order chi connectivity index (χ0) is 18.4. The Morgan fingerprint density at radius 1 is 1.12 bits per heavy atom. The zero-order valence-electron chi connectivity index (χ0n) is 14.5. The summed E-state index contributed by atoms with van der Waals surface area (Å²) in [6.45, 7) is 3.99. The van der Waals surface area contributed by atoms with Crippen molar-refractivity contribution in [2.45, 2.75) is 19.8 Å². The number of amides is 1. The first-order chi connectivity index (χ1) is 11.9. The predicted octanol–water partition coefficient (Wildman–Crippen LogP) is 3.20. The van der Waals surface area contributed by atoms with Crippen molar-refractivity contribution in [3.8, 4) is 5.75 Å². The largest absolute Gasteiger partial charge is 0.482 e. The average Bonchev–Trinajstić information content (AvgIpc) is 2.60. The van der Waals surface area contributed by atoms with Gasteiger partial charge in [-0.15, -0.1) is 0 Å². The van der Waals surface area contributed by atoms with Gasteiger partial charge in [-0.3, -0.25) is 4.79 Å². The normalized spacial score (nSPS) is 10.4. The molecule has 2 aromatic carbocycles. The first kappa shape index (κ1) is 18.3. The van der Waals surface area contributed by atoms with Crippen LogP contribution in [0.4, 0.5) is 11.4 Å². The van der Waals surface area contributed by atoms with E-state index in [-0.39, 0.29) is 18.3 Å². The van der Waals surface area contributed by atoms with E-state index in [4.69, 9.17) is 10.5 Å². The highest BCUT2D eigenvalue weighted by atomic mass is 16.5. The van der Waals surface area contributed by atoms with Crippen LogP contribution in [0.5, 0.6) is 5.75 Å². The molecule has 132 valence electrons. The number of hydrogen-bond acceptors (Lipinski definition) is 5. The number of methoxy groups -OCH3 is 1. The number of esters is 1. The third kappa shape index (κ3) is 4.97. The van der Waals surface area contributed by atoms with Gasteiger partial charge in [0.1, 0.15) is 5.75 Å². The van der Waals surface area contributed by atoms with Gasteiger partial charge >= 0.3 is 5.97 Å². The van der Waals surface area contributed by atoms with Gasteiger partial charge in [0, 0.05) is 5.69 Å². The summed E-state index contributed by atoms with van der Waals surface area (Å²) < 4.78 is 10.1. The molecule has 0 aliphatic rings. The molecule has 6 nitrogen and oxygen atoms in total. The number of carbonyl (C=O) groups is 2. The summed E-state index contributed by atoms with van der Waals surface area (Å²) in [6, 6.07) is 12.2. The highest BCUT2D eigenvalue weighted by Crippen LogP contribution is 2.23. The fourth-order valence-corrected chi connectivity index (χ4v) is 2.20. The van der Waals surface area contributed by atoms with Gasteiger partial charge in [-0.05, 0) is 41.8 Å². The Kier molecular flexibility index (Phi) is 6.00. The molecular formula is C19H22N2O4. The summed E-state index contributed by atoms with van der Waals surface area (Å²) >= 11 is 0. The second kappa shape index (κ2) is 8.19. The summed E-state index contributed by atoms with van der Waals surface area (Å²) in [4.78, 5) is 23.6. The SMILES string of the molecule is COC(=O)c1ccc(N)c(OCC(=O)Nc2ccc(C(C)C)cc2)c1. The Labute approximate surface area is 146 Å². The van der Waals surface area contributed by atoms with Crippen LogP contribution in [-0.2, 0) is 9.53 Å². The van der Waals surface area contributed by atoms with Gasteiger partial charge in [-0.25, -0.2) is 4.79 Å². The molecule has 1 amide bonds. The molecule has 0 saturated heterocycles. The fraction of sp³-hybridized carbons (Fsp3) is 0.263. The molecule has 0 unspecified atom stereocenters. The standard InChI is InChI=1S/C19H22N2O4/c1-12(2)13-4-7-15(8-5-13)21-18(22)11-25-17-10-14(19(23)24-3)6-9-16(17)20/h4-10,12H,11,20H2,1-3H3,(H,21,22). The molecule has 0 bridgehead atoms. The van der Waals surface area contributed by atoms with Gasteiger partial charge in [0.25, 0.3) is 5.91 Å². The molecule has 0 aromatic heterocycles. The molecule has 0 atom stereocenters. The van der Waals surface area contributed by atoms with Crippen LogP contribution in [0.25, 0.3) is 0 Å². The van der Waals surface area contributed by atoms with Crippen molar-refractivity contribution in [1.82, 2.24) is 0 Å². The maximum absolute atomic E-state index is 12.0. The van der Waals surface area contributed by atoms with Gasteiger partial charge in [-0.2, -0.15) is 0 Å². The van der Waals surface area contributed by atoms with E-state index in [9.17, 15) is 9.59 Å². The number of anilines is 2. The first-order valence-electron chi connectivity index (χ1n) is 7.91. The van der Waals surface area contributed by atoms with Crippen LogP contribution in [0, 0.1) is 0 Å². The Bertz CT molecular complexity index is 755. The zero-order valence-corrected chi connectivity index (χ0v) is 14.5. The number of carbonyl (C=O) groups excluding carboxylic acids is 2. The molecule has 0 aliphatic heterocycles. The highest BCUT2D eigenvalue weighted by Gasteiger charge is 2.11.